The molecule has 0 aliphatic rings. The van der Waals surface area contributed by atoms with Gasteiger partial charge in [0.05, 0.1) is 0 Å². The number of aliphatic hydroxyl groups is 1. The molecule has 0 spiro atoms. The highest BCUT2D eigenvalue weighted by atomic mass is 32.2. The Morgan fingerprint density at radius 1 is 1.19 bits per heavy atom. The van der Waals surface area contributed by atoms with E-state index in [0.717, 1.165) is 18.7 Å². The van der Waals surface area contributed by atoms with E-state index in [2.05, 4.69) is 30.6 Å². The van der Waals surface area contributed by atoms with Crippen molar-refractivity contribution in [1.82, 2.24) is 5.32 Å². The van der Waals surface area contributed by atoms with Crippen molar-refractivity contribution in [2.24, 2.45) is 0 Å². The summed E-state index contributed by atoms with van der Waals surface area (Å²) in [7, 11) is 0. The largest absolute Gasteiger partial charge is 0.491 e. The number of thioether (sulfide) groups is 1. The third-order valence-electron chi connectivity index (χ3n) is 3.36. The second-order valence-electron chi connectivity index (χ2n) is 5.22. The van der Waals surface area contributed by atoms with Crippen molar-refractivity contribution in [2.45, 2.75) is 38.7 Å². The van der Waals surface area contributed by atoms with Gasteiger partial charge in [-0.2, -0.15) is 11.8 Å². The summed E-state index contributed by atoms with van der Waals surface area (Å²) in [6, 6.07) is 8.05. The summed E-state index contributed by atoms with van der Waals surface area (Å²) >= 11 is 1.90. The van der Waals surface area contributed by atoms with Gasteiger partial charge in [-0.15, -0.1) is 0 Å². The third-order valence-corrected chi connectivity index (χ3v) is 4.05. The molecule has 0 heterocycles. The summed E-state index contributed by atoms with van der Waals surface area (Å²) in [5.74, 6) is 2.07. The first-order valence-electron chi connectivity index (χ1n) is 7.85. The smallest absolute Gasteiger partial charge is 0.119 e. The van der Waals surface area contributed by atoms with Crippen LogP contribution in [0.15, 0.2) is 24.3 Å². The van der Waals surface area contributed by atoms with Crippen LogP contribution in [0.5, 0.6) is 5.75 Å². The van der Waals surface area contributed by atoms with Crippen molar-refractivity contribution < 1.29 is 9.84 Å². The van der Waals surface area contributed by atoms with Crippen LogP contribution in [0, 0.1) is 0 Å². The van der Waals surface area contributed by atoms with Gasteiger partial charge in [0.2, 0.25) is 0 Å². The van der Waals surface area contributed by atoms with Crippen LogP contribution in [0.1, 0.15) is 31.7 Å². The predicted molar refractivity (Wildman–Crippen MR) is 92.4 cm³/mol. The van der Waals surface area contributed by atoms with Crippen LogP contribution in [0.3, 0.4) is 0 Å². The fourth-order valence-electron chi connectivity index (χ4n) is 2.01. The molecule has 0 aromatic heterocycles. The monoisotopic (exact) mass is 311 g/mol. The Kier molecular flexibility index (Phi) is 10.4. The lowest BCUT2D eigenvalue weighted by atomic mass is 10.2. The second kappa shape index (κ2) is 11.9. The van der Waals surface area contributed by atoms with Gasteiger partial charge in [0.15, 0.2) is 0 Å². The Balaban J connectivity index is 2.03. The molecule has 0 amide bonds. The zero-order valence-electron chi connectivity index (χ0n) is 13.3. The van der Waals surface area contributed by atoms with Gasteiger partial charge in [0, 0.05) is 6.54 Å². The molecule has 3 nitrogen and oxygen atoms in total. The Bertz CT molecular complexity index is 356. The van der Waals surface area contributed by atoms with Crippen LogP contribution in [-0.2, 0) is 6.42 Å². The molecule has 1 atom stereocenters. The third kappa shape index (κ3) is 9.02. The number of hydrogen-bond acceptors (Lipinski definition) is 4. The van der Waals surface area contributed by atoms with Crippen molar-refractivity contribution in [1.29, 1.82) is 0 Å². The van der Waals surface area contributed by atoms with E-state index < -0.39 is 6.10 Å². The summed E-state index contributed by atoms with van der Waals surface area (Å²) in [4.78, 5) is 0. The number of benzene rings is 1. The van der Waals surface area contributed by atoms with E-state index in [0.29, 0.717) is 13.2 Å². The van der Waals surface area contributed by atoms with Gasteiger partial charge >= 0.3 is 0 Å². The van der Waals surface area contributed by atoms with E-state index in [-0.39, 0.29) is 0 Å². The first-order valence-corrected chi connectivity index (χ1v) is 9.25. The summed E-state index contributed by atoms with van der Waals surface area (Å²) in [5.41, 5.74) is 1.30. The maximum atomic E-state index is 9.86. The summed E-state index contributed by atoms with van der Waals surface area (Å²) in [5, 5.41) is 13.1. The minimum Gasteiger partial charge on any atom is -0.491 e. The highest BCUT2D eigenvalue weighted by Gasteiger charge is 2.04. The number of unbranched alkanes of at least 4 members (excludes halogenated alkanes) is 2. The molecule has 0 saturated carbocycles. The highest BCUT2D eigenvalue weighted by molar-refractivity contribution is 7.98. The second-order valence-corrected chi connectivity index (χ2v) is 6.21. The van der Waals surface area contributed by atoms with Crippen LogP contribution >= 0.6 is 11.8 Å². The quantitative estimate of drug-likeness (QED) is 0.582. The first-order chi connectivity index (χ1) is 10.3. The maximum absolute atomic E-state index is 9.86. The van der Waals surface area contributed by atoms with Crippen molar-refractivity contribution in [3.05, 3.63) is 29.8 Å². The van der Waals surface area contributed by atoms with Crippen LogP contribution in [-0.4, -0.2) is 42.9 Å². The Hall–Kier alpha value is -0.710. The molecule has 0 bridgehead atoms. The average molecular weight is 311 g/mol. The minimum atomic E-state index is -0.456. The lowest BCUT2D eigenvalue weighted by Crippen LogP contribution is -2.32. The van der Waals surface area contributed by atoms with Gasteiger partial charge in [0.25, 0.3) is 0 Å². The van der Waals surface area contributed by atoms with Crippen LogP contribution in [0.4, 0.5) is 0 Å². The lowest BCUT2D eigenvalue weighted by Gasteiger charge is -2.13. The van der Waals surface area contributed by atoms with E-state index in [4.69, 9.17) is 4.74 Å². The summed E-state index contributed by atoms with van der Waals surface area (Å²) in [6.07, 6.45) is 6.43. The van der Waals surface area contributed by atoms with Gasteiger partial charge in [-0.05, 0) is 55.5 Å². The van der Waals surface area contributed by atoms with Gasteiger partial charge in [-0.3, -0.25) is 0 Å². The molecule has 21 heavy (non-hydrogen) atoms. The van der Waals surface area contributed by atoms with E-state index in [9.17, 15) is 5.11 Å². The number of ether oxygens (including phenoxy) is 1. The number of nitrogens with one attached hydrogen (secondary N) is 1. The molecular formula is C17H29NO2S. The molecule has 0 fully saturated rings. The molecule has 0 aliphatic heterocycles. The first kappa shape index (κ1) is 18.3. The molecule has 1 aromatic rings. The highest BCUT2D eigenvalue weighted by Crippen LogP contribution is 2.12. The van der Waals surface area contributed by atoms with Gasteiger partial charge < -0.3 is 15.2 Å². The van der Waals surface area contributed by atoms with E-state index >= 15 is 0 Å². The summed E-state index contributed by atoms with van der Waals surface area (Å²) in [6.45, 7) is 4.03. The molecule has 120 valence electrons. The average Bonchev–Trinajstić information content (AvgIpc) is 2.52. The molecule has 0 saturated heterocycles. The van der Waals surface area contributed by atoms with Crippen molar-refractivity contribution in [2.75, 3.05) is 31.7 Å². The normalized spacial score (nSPS) is 12.3. The molecule has 0 aliphatic carbocycles. The van der Waals surface area contributed by atoms with Crippen molar-refractivity contribution in [3.63, 3.8) is 0 Å². The predicted octanol–water partition coefficient (Wildman–Crippen LogP) is 3.11. The van der Waals surface area contributed by atoms with Crippen LogP contribution < -0.4 is 10.1 Å². The number of aryl methyl sites for hydroxylation is 1. The summed E-state index contributed by atoms with van der Waals surface area (Å²) < 4.78 is 5.58. The SMILES string of the molecule is CCc1ccc(OCC(O)CNCCCCCSC)cc1. The zero-order valence-corrected chi connectivity index (χ0v) is 14.1. The Morgan fingerprint density at radius 2 is 1.95 bits per heavy atom. The van der Waals surface area contributed by atoms with Crippen LogP contribution in [0.25, 0.3) is 0 Å². The zero-order chi connectivity index (χ0) is 15.3. The molecular weight excluding hydrogens is 282 g/mol. The number of aliphatic hydroxyl groups excluding tert-OH is 1. The maximum Gasteiger partial charge on any atom is 0.119 e. The topological polar surface area (TPSA) is 41.5 Å². The van der Waals surface area contributed by atoms with Gasteiger partial charge in [-0.1, -0.05) is 25.5 Å². The van der Waals surface area contributed by atoms with Gasteiger partial charge in [0.1, 0.15) is 18.5 Å². The standard InChI is InChI=1S/C17H29NO2S/c1-3-15-7-9-17(10-8-15)20-14-16(19)13-18-11-5-4-6-12-21-2/h7-10,16,18-19H,3-6,11-14H2,1-2H3. The molecule has 1 rings (SSSR count). The van der Waals surface area contributed by atoms with E-state index in [1.807, 2.05) is 23.9 Å². The molecule has 1 unspecified atom stereocenters. The molecule has 1 aromatic carbocycles. The fourth-order valence-corrected chi connectivity index (χ4v) is 2.51. The van der Waals surface area contributed by atoms with Gasteiger partial charge in [-0.25, -0.2) is 0 Å². The number of rotatable bonds is 12. The molecule has 0 radical (unpaired) electrons. The minimum absolute atomic E-state index is 0.338. The molecule has 2 N–H and O–H groups in total. The lowest BCUT2D eigenvalue weighted by molar-refractivity contribution is 0.106. The fraction of sp³-hybridized carbons (Fsp3) is 0.647. The van der Waals surface area contributed by atoms with Crippen LogP contribution in [0.2, 0.25) is 0 Å². The van der Waals surface area contributed by atoms with Crippen molar-refractivity contribution >= 4 is 11.8 Å². The molecule has 4 heteroatoms. The Labute approximate surface area is 133 Å². The van der Waals surface area contributed by atoms with E-state index in [1.165, 1.54) is 30.6 Å². The Morgan fingerprint density at radius 3 is 2.62 bits per heavy atom. The number of hydrogen-bond donors (Lipinski definition) is 2. The van der Waals surface area contributed by atoms with Crippen molar-refractivity contribution in [3.8, 4) is 5.75 Å². The van der Waals surface area contributed by atoms with E-state index in [1.54, 1.807) is 0 Å².